The maximum absolute atomic E-state index is 13.4. The molecule has 2 rings (SSSR count). The fourth-order valence-electron chi connectivity index (χ4n) is 1.76. The second-order valence-electron chi connectivity index (χ2n) is 4.62. The van der Waals surface area contributed by atoms with Crippen molar-refractivity contribution in [1.29, 1.82) is 0 Å². The molecule has 1 aromatic carbocycles. The summed E-state index contributed by atoms with van der Waals surface area (Å²) in [6.07, 6.45) is 0. The van der Waals surface area contributed by atoms with Gasteiger partial charge in [-0.3, -0.25) is 9.79 Å². The highest BCUT2D eigenvalue weighted by Crippen LogP contribution is 2.16. The Bertz CT molecular complexity index is 494. The van der Waals surface area contributed by atoms with E-state index in [1.165, 1.54) is 6.07 Å². The minimum absolute atomic E-state index is 0.115. The van der Waals surface area contributed by atoms with Crippen molar-refractivity contribution in [1.82, 2.24) is 5.32 Å². The van der Waals surface area contributed by atoms with Gasteiger partial charge in [-0.1, -0.05) is 26.0 Å². The topological polar surface area (TPSA) is 41.5 Å². The number of nitrogens with one attached hydrogen (secondary N) is 1. The van der Waals surface area contributed by atoms with E-state index in [-0.39, 0.29) is 23.7 Å². The molecule has 90 valence electrons. The van der Waals surface area contributed by atoms with E-state index in [1.807, 2.05) is 13.8 Å². The van der Waals surface area contributed by atoms with Gasteiger partial charge in [0.1, 0.15) is 17.7 Å². The van der Waals surface area contributed by atoms with Crippen molar-refractivity contribution in [3.05, 3.63) is 35.1 Å². The van der Waals surface area contributed by atoms with Gasteiger partial charge in [-0.05, 0) is 24.5 Å². The number of hydrogen-bond donors (Lipinski definition) is 1. The Balaban J connectivity index is 2.32. The molecule has 4 heteroatoms. The molecule has 1 N–H and O–H groups in total. The van der Waals surface area contributed by atoms with E-state index in [2.05, 4.69) is 10.3 Å². The third kappa shape index (κ3) is 2.20. The molecule has 1 amide bonds. The first-order valence-electron chi connectivity index (χ1n) is 5.64. The number of amidine groups is 1. The molecular formula is C13H15FN2O. The average Bonchev–Trinajstić information content (AvgIpc) is 2.64. The summed E-state index contributed by atoms with van der Waals surface area (Å²) in [5, 5.41) is 2.69. The summed E-state index contributed by atoms with van der Waals surface area (Å²) < 4.78 is 13.4. The normalized spacial score (nSPS) is 19.5. The first-order valence-corrected chi connectivity index (χ1v) is 5.64. The molecule has 17 heavy (non-hydrogen) atoms. The fourth-order valence-corrected chi connectivity index (χ4v) is 1.76. The van der Waals surface area contributed by atoms with Crippen LogP contribution in [0, 0.1) is 18.7 Å². The molecule has 1 aliphatic heterocycles. The molecule has 1 heterocycles. The van der Waals surface area contributed by atoms with Crippen LogP contribution in [0.5, 0.6) is 0 Å². The third-order valence-corrected chi connectivity index (χ3v) is 2.86. The summed E-state index contributed by atoms with van der Waals surface area (Å²) in [7, 11) is 0. The van der Waals surface area contributed by atoms with Gasteiger partial charge in [0.05, 0.1) is 0 Å². The van der Waals surface area contributed by atoms with Crippen LogP contribution in [0.15, 0.2) is 23.2 Å². The predicted molar refractivity (Wildman–Crippen MR) is 64.4 cm³/mol. The van der Waals surface area contributed by atoms with Crippen LogP contribution >= 0.6 is 0 Å². The van der Waals surface area contributed by atoms with Gasteiger partial charge in [-0.15, -0.1) is 0 Å². The minimum Gasteiger partial charge on any atom is -0.309 e. The Labute approximate surface area is 99.8 Å². The van der Waals surface area contributed by atoms with Gasteiger partial charge in [-0.25, -0.2) is 4.39 Å². The van der Waals surface area contributed by atoms with E-state index in [0.29, 0.717) is 17.0 Å². The summed E-state index contributed by atoms with van der Waals surface area (Å²) in [6, 6.07) is 4.48. The van der Waals surface area contributed by atoms with E-state index >= 15 is 0 Å². The van der Waals surface area contributed by atoms with E-state index in [9.17, 15) is 9.18 Å². The first-order chi connectivity index (χ1) is 7.99. The number of halogens is 1. The smallest absolute Gasteiger partial charge is 0.250 e. The molecule has 3 nitrogen and oxygen atoms in total. The van der Waals surface area contributed by atoms with Crippen LogP contribution in [0.25, 0.3) is 0 Å². The molecule has 0 spiro atoms. The monoisotopic (exact) mass is 234 g/mol. The van der Waals surface area contributed by atoms with E-state index in [4.69, 9.17) is 0 Å². The number of rotatable bonds is 2. The Hall–Kier alpha value is -1.71. The zero-order valence-corrected chi connectivity index (χ0v) is 10.1. The second kappa shape index (κ2) is 4.28. The Kier molecular flexibility index (Phi) is 2.96. The number of amides is 1. The molecule has 0 radical (unpaired) electrons. The van der Waals surface area contributed by atoms with Gasteiger partial charge >= 0.3 is 0 Å². The van der Waals surface area contributed by atoms with Gasteiger partial charge in [-0.2, -0.15) is 0 Å². The average molecular weight is 234 g/mol. The zero-order valence-electron chi connectivity index (χ0n) is 10.1. The number of aliphatic imine (C=N–C) groups is 1. The summed E-state index contributed by atoms with van der Waals surface area (Å²) in [6.45, 7) is 5.57. The van der Waals surface area contributed by atoms with Crippen molar-refractivity contribution < 1.29 is 9.18 Å². The maximum atomic E-state index is 13.4. The molecule has 0 saturated carbocycles. The number of nitrogens with zero attached hydrogens (tertiary/aromatic N) is 1. The molecule has 0 aliphatic carbocycles. The van der Waals surface area contributed by atoms with Crippen LogP contribution in [0.4, 0.5) is 4.39 Å². The summed E-state index contributed by atoms with van der Waals surface area (Å²) in [5.41, 5.74) is 1.20. The van der Waals surface area contributed by atoms with E-state index < -0.39 is 0 Å². The standard InChI is InChI=1S/C13H15FN2O/c1-7(2)11-13(17)16-12(15-11)9-5-4-8(3)10(14)6-9/h4-7,11H,1-3H3,(H,15,16,17). The molecule has 1 aromatic rings. The minimum atomic E-state index is -0.366. The molecule has 1 aliphatic rings. The molecule has 0 bridgehead atoms. The number of carbonyl (C=O) groups excluding carboxylic acids is 1. The summed E-state index contributed by atoms with van der Waals surface area (Å²) in [5.74, 6) is 0.207. The molecule has 1 atom stereocenters. The fraction of sp³-hybridized carbons (Fsp3) is 0.385. The van der Waals surface area contributed by atoms with Gasteiger partial charge < -0.3 is 5.32 Å². The lowest BCUT2D eigenvalue weighted by Crippen LogP contribution is -2.31. The zero-order chi connectivity index (χ0) is 12.6. The summed E-state index contributed by atoms with van der Waals surface area (Å²) >= 11 is 0. The van der Waals surface area contributed by atoms with Crippen molar-refractivity contribution in [2.45, 2.75) is 26.8 Å². The Morgan fingerprint density at radius 2 is 2.12 bits per heavy atom. The van der Waals surface area contributed by atoms with E-state index in [1.54, 1.807) is 19.1 Å². The largest absolute Gasteiger partial charge is 0.309 e. The lowest BCUT2D eigenvalue weighted by atomic mass is 10.1. The van der Waals surface area contributed by atoms with Crippen LogP contribution in [0.1, 0.15) is 25.0 Å². The first kappa shape index (κ1) is 11.8. The lowest BCUT2D eigenvalue weighted by molar-refractivity contribution is -0.120. The van der Waals surface area contributed by atoms with Crippen LogP contribution in [-0.4, -0.2) is 17.8 Å². The van der Waals surface area contributed by atoms with Crippen LogP contribution in [0.3, 0.4) is 0 Å². The molecule has 0 fully saturated rings. The van der Waals surface area contributed by atoms with E-state index in [0.717, 1.165) is 0 Å². The summed E-state index contributed by atoms with van der Waals surface area (Å²) in [4.78, 5) is 15.9. The molecular weight excluding hydrogens is 219 g/mol. The van der Waals surface area contributed by atoms with Crippen molar-refractivity contribution in [3.63, 3.8) is 0 Å². The number of carbonyl (C=O) groups is 1. The Morgan fingerprint density at radius 3 is 2.65 bits per heavy atom. The maximum Gasteiger partial charge on any atom is 0.250 e. The van der Waals surface area contributed by atoms with Crippen LogP contribution < -0.4 is 5.32 Å². The van der Waals surface area contributed by atoms with Gasteiger partial charge in [0, 0.05) is 5.56 Å². The SMILES string of the molecule is Cc1ccc(C2=NC(C(C)C)C(=O)N2)cc1F. The van der Waals surface area contributed by atoms with Gasteiger partial charge in [0.15, 0.2) is 0 Å². The van der Waals surface area contributed by atoms with Crippen molar-refractivity contribution in [2.75, 3.05) is 0 Å². The van der Waals surface area contributed by atoms with Crippen molar-refractivity contribution in [2.24, 2.45) is 10.9 Å². The number of benzene rings is 1. The van der Waals surface area contributed by atoms with Gasteiger partial charge in [0.2, 0.25) is 0 Å². The Morgan fingerprint density at radius 1 is 1.41 bits per heavy atom. The lowest BCUT2D eigenvalue weighted by Gasteiger charge is -2.06. The molecule has 0 saturated heterocycles. The van der Waals surface area contributed by atoms with Crippen LogP contribution in [0.2, 0.25) is 0 Å². The van der Waals surface area contributed by atoms with Gasteiger partial charge in [0.25, 0.3) is 5.91 Å². The van der Waals surface area contributed by atoms with Crippen LogP contribution in [-0.2, 0) is 4.79 Å². The number of aryl methyl sites for hydroxylation is 1. The van der Waals surface area contributed by atoms with Crippen molar-refractivity contribution >= 4 is 11.7 Å². The molecule has 0 aromatic heterocycles. The highest BCUT2D eigenvalue weighted by molar-refractivity contribution is 6.13. The number of hydrogen-bond acceptors (Lipinski definition) is 2. The third-order valence-electron chi connectivity index (χ3n) is 2.86. The second-order valence-corrected chi connectivity index (χ2v) is 4.62. The predicted octanol–water partition coefficient (Wildman–Crippen LogP) is 2.04. The highest BCUT2D eigenvalue weighted by atomic mass is 19.1. The quantitative estimate of drug-likeness (QED) is 0.835. The highest BCUT2D eigenvalue weighted by Gasteiger charge is 2.29. The molecule has 1 unspecified atom stereocenters. The van der Waals surface area contributed by atoms with Crippen molar-refractivity contribution in [3.8, 4) is 0 Å².